The van der Waals surface area contributed by atoms with Crippen molar-refractivity contribution in [3.8, 4) is 0 Å². The van der Waals surface area contributed by atoms with Gasteiger partial charge in [-0.2, -0.15) is 4.31 Å². The lowest BCUT2D eigenvalue weighted by atomic mass is 10.2. The van der Waals surface area contributed by atoms with E-state index in [-0.39, 0.29) is 18.5 Å². The van der Waals surface area contributed by atoms with Crippen molar-refractivity contribution in [3.05, 3.63) is 0 Å². The maximum Gasteiger partial charge on any atom is 0.238 e. The molecule has 0 saturated carbocycles. The zero-order valence-electron chi connectivity index (χ0n) is 9.93. The number of piperazine rings is 1. The standard InChI is InChI=1S/C9H19N3O3S/c1-8-6-10-4-5-12(8)9(13)7-11(2)16(3,14)15/h8,10H,4-7H2,1-3H3/t8-/m0/s1. The molecule has 0 aliphatic carbocycles. The van der Waals surface area contributed by atoms with Crippen LogP contribution in [0.2, 0.25) is 0 Å². The van der Waals surface area contributed by atoms with Crippen molar-refractivity contribution in [3.63, 3.8) is 0 Å². The van der Waals surface area contributed by atoms with E-state index in [1.165, 1.54) is 7.05 Å². The Hall–Kier alpha value is -0.660. The maximum absolute atomic E-state index is 11.9. The van der Waals surface area contributed by atoms with Gasteiger partial charge in [-0.25, -0.2) is 8.42 Å². The summed E-state index contributed by atoms with van der Waals surface area (Å²) < 4.78 is 23.4. The lowest BCUT2D eigenvalue weighted by Gasteiger charge is -2.34. The number of carbonyl (C=O) groups excluding carboxylic acids is 1. The van der Waals surface area contributed by atoms with Crippen molar-refractivity contribution in [2.45, 2.75) is 13.0 Å². The fourth-order valence-corrected chi connectivity index (χ4v) is 1.96. The van der Waals surface area contributed by atoms with E-state index >= 15 is 0 Å². The lowest BCUT2D eigenvalue weighted by Crippen LogP contribution is -2.54. The highest BCUT2D eigenvalue weighted by Crippen LogP contribution is 2.04. The Kier molecular flexibility index (Phi) is 4.28. The summed E-state index contributed by atoms with van der Waals surface area (Å²) in [6.07, 6.45) is 1.10. The molecule has 0 bridgehead atoms. The number of carbonyl (C=O) groups is 1. The lowest BCUT2D eigenvalue weighted by molar-refractivity contribution is -0.133. The van der Waals surface area contributed by atoms with Crippen molar-refractivity contribution < 1.29 is 13.2 Å². The number of rotatable bonds is 3. The van der Waals surface area contributed by atoms with E-state index in [2.05, 4.69) is 5.32 Å². The van der Waals surface area contributed by atoms with Crippen molar-refractivity contribution in [2.75, 3.05) is 39.5 Å². The number of amides is 1. The smallest absolute Gasteiger partial charge is 0.238 e. The largest absolute Gasteiger partial charge is 0.336 e. The third-order valence-corrected chi connectivity index (χ3v) is 4.01. The molecule has 0 aromatic rings. The van der Waals surface area contributed by atoms with Crippen LogP contribution in [0.5, 0.6) is 0 Å². The van der Waals surface area contributed by atoms with Gasteiger partial charge in [0.2, 0.25) is 15.9 Å². The van der Waals surface area contributed by atoms with E-state index in [0.29, 0.717) is 6.54 Å². The predicted octanol–water partition coefficient (Wildman–Crippen LogP) is -1.30. The van der Waals surface area contributed by atoms with Gasteiger partial charge in [0.25, 0.3) is 0 Å². The van der Waals surface area contributed by atoms with E-state index in [4.69, 9.17) is 0 Å². The minimum atomic E-state index is -3.28. The Labute approximate surface area is 96.6 Å². The third kappa shape index (κ3) is 3.43. The van der Waals surface area contributed by atoms with Gasteiger partial charge in [-0.3, -0.25) is 4.79 Å². The van der Waals surface area contributed by atoms with E-state index in [1.807, 2.05) is 6.92 Å². The summed E-state index contributed by atoms with van der Waals surface area (Å²) in [6.45, 7) is 4.03. The van der Waals surface area contributed by atoms with Crippen LogP contribution in [0, 0.1) is 0 Å². The topological polar surface area (TPSA) is 69.7 Å². The highest BCUT2D eigenvalue weighted by molar-refractivity contribution is 7.88. The van der Waals surface area contributed by atoms with Crippen LogP contribution in [0.4, 0.5) is 0 Å². The highest BCUT2D eigenvalue weighted by atomic mass is 32.2. The molecule has 16 heavy (non-hydrogen) atoms. The number of hydrogen-bond acceptors (Lipinski definition) is 4. The fourth-order valence-electron chi connectivity index (χ4n) is 1.61. The number of nitrogens with one attached hydrogen (secondary N) is 1. The Morgan fingerprint density at radius 3 is 2.69 bits per heavy atom. The molecule has 0 aromatic carbocycles. The van der Waals surface area contributed by atoms with Crippen LogP contribution < -0.4 is 5.32 Å². The average molecular weight is 249 g/mol. The van der Waals surface area contributed by atoms with Crippen molar-refractivity contribution >= 4 is 15.9 Å². The monoisotopic (exact) mass is 249 g/mol. The Bertz CT molecular complexity index is 355. The summed E-state index contributed by atoms with van der Waals surface area (Å²) in [5.74, 6) is -0.137. The summed E-state index contributed by atoms with van der Waals surface area (Å²) >= 11 is 0. The van der Waals surface area contributed by atoms with E-state index < -0.39 is 10.0 Å². The molecule has 6 nitrogen and oxygen atoms in total. The van der Waals surface area contributed by atoms with Crippen molar-refractivity contribution in [1.29, 1.82) is 0 Å². The molecular weight excluding hydrogens is 230 g/mol. The zero-order valence-corrected chi connectivity index (χ0v) is 10.7. The molecular formula is C9H19N3O3S. The molecule has 0 unspecified atom stereocenters. The molecule has 1 heterocycles. The van der Waals surface area contributed by atoms with Crippen LogP contribution in [-0.4, -0.2) is 69.1 Å². The first-order valence-electron chi connectivity index (χ1n) is 5.24. The van der Waals surface area contributed by atoms with Crippen LogP contribution in [0.15, 0.2) is 0 Å². The summed E-state index contributed by atoms with van der Waals surface area (Å²) in [5, 5.41) is 3.18. The highest BCUT2D eigenvalue weighted by Gasteiger charge is 2.25. The Morgan fingerprint density at radius 1 is 1.56 bits per heavy atom. The summed E-state index contributed by atoms with van der Waals surface area (Å²) in [5.41, 5.74) is 0. The predicted molar refractivity (Wildman–Crippen MR) is 61.5 cm³/mol. The van der Waals surface area contributed by atoms with Crippen LogP contribution >= 0.6 is 0 Å². The molecule has 0 radical (unpaired) electrons. The minimum absolute atomic E-state index is 0.0802. The van der Waals surface area contributed by atoms with Gasteiger partial charge in [0.1, 0.15) is 0 Å². The van der Waals surface area contributed by atoms with Gasteiger partial charge in [0.05, 0.1) is 12.8 Å². The van der Waals surface area contributed by atoms with Gasteiger partial charge in [-0.05, 0) is 6.92 Å². The third-order valence-electron chi connectivity index (χ3n) is 2.75. The Balaban J connectivity index is 2.58. The molecule has 1 N–H and O–H groups in total. The number of hydrogen-bond donors (Lipinski definition) is 1. The molecule has 1 aliphatic rings. The molecule has 1 rings (SSSR count). The van der Waals surface area contributed by atoms with E-state index in [1.54, 1.807) is 4.90 Å². The second-order valence-corrected chi connectivity index (χ2v) is 6.25. The van der Waals surface area contributed by atoms with Crippen molar-refractivity contribution in [2.24, 2.45) is 0 Å². The molecule has 1 atom stereocenters. The molecule has 7 heteroatoms. The number of sulfonamides is 1. The zero-order chi connectivity index (χ0) is 12.3. The molecule has 1 saturated heterocycles. The SMILES string of the molecule is C[C@H]1CNCCN1C(=O)CN(C)S(C)(=O)=O. The normalized spacial score (nSPS) is 22.5. The van der Waals surface area contributed by atoms with Gasteiger partial charge >= 0.3 is 0 Å². The average Bonchev–Trinajstić information content (AvgIpc) is 2.16. The van der Waals surface area contributed by atoms with Crippen LogP contribution in [0.3, 0.4) is 0 Å². The molecule has 1 fully saturated rings. The second kappa shape index (κ2) is 5.11. The summed E-state index contributed by atoms with van der Waals surface area (Å²) in [4.78, 5) is 13.6. The number of nitrogens with zero attached hydrogens (tertiary/aromatic N) is 2. The van der Waals surface area contributed by atoms with Crippen LogP contribution in [-0.2, 0) is 14.8 Å². The molecule has 94 valence electrons. The van der Waals surface area contributed by atoms with Crippen molar-refractivity contribution in [1.82, 2.24) is 14.5 Å². The molecule has 1 amide bonds. The van der Waals surface area contributed by atoms with E-state index in [0.717, 1.165) is 23.7 Å². The molecule has 0 spiro atoms. The van der Waals surface area contributed by atoms with Gasteiger partial charge in [-0.1, -0.05) is 0 Å². The first-order chi connectivity index (χ1) is 7.32. The van der Waals surface area contributed by atoms with Gasteiger partial charge in [0.15, 0.2) is 0 Å². The second-order valence-electron chi connectivity index (χ2n) is 4.16. The summed E-state index contributed by atoms with van der Waals surface area (Å²) in [6, 6.07) is 0.120. The number of likely N-dealkylation sites (N-methyl/N-ethyl adjacent to an activating group) is 1. The molecule has 1 aliphatic heterocycles. The van der Waals surface area contributed by atoms with Gasteiger partial charge in [-0.15, -0.1) is 0 Å². The van der Waals surface area contributed by atoms with Gasteiger partial charge < -0.3 is 10.2 Å². The first-order valence-corrected chi connectivity index (χ1v) is 7.08. The molecule has 0 aromatic heterocycles. The van der Waals surface area contributed by atoms with Crippen LogP contribution in [0.1, 0.15) is 6.92 Å². The minimum Gasteiger partial charge on any atom is -0.336 e. The Morgan fingerprint density at radius 2 is 2.19 bits per heavy atom. The van der Waals surface area contributed by atoms with E-state index in [9.17, 15) is 13.2 Å². The first kappa shape index (κ1) is 13.4. The quantitative estimate of drug-likeness (QED) is 0.675. The fraction of sp³-hybridized carbons (Fsp3) is 0.889. The maximum atomic E-state index is 11.9. The summed E-state index contributed by atoms with van der Waals surface area (Å²) in [7, 11) is -1.87. The van der Waals surface area contributed by atoms with Crippen LogP contribution in [0.25, 0.3) is 0 Å². The van der Waals surface area contributed by atoms with Gasteiger partial charge in [0, 0.05) is 32.7 Å².